The molecule has 9 heteroatoms. The third-order valence-electron chi connectivity index (χ3n) is 3.28. The number of benzene rings is 2. The zero-order valence-electron chi connectivity index (χ0n) is 12.7. The number of nitrogens with one attached hydrogen (secondary N) is 1. The first kappa shape index (κ1) is 19.5. The maximum absolute atomic E-state index is 12.6. The molecule has 2 aromatic carbocycles. The van der Waals surface area contributed by atoms with Crippen LogP contribution in [0.3, 0.4) is 0 Å². The van der Waals surface area contributed by atoms with Gasteiger partial charge in [0.15, 0.2) is 9.84 Å². The first-order chi connectivity index (χ1) is 11.6. The van der Waals surface area contributed by atoms with E-state index in [9.17, 15) is 26.4 Å². The van der Waals surface area contributed by atoms with E-state index in [4.69, 9.17) is 0 Å². The lowest BCUT2D eigenvalue weighted by Gasteiger charge is -2.09. The zero-order valence-corrected chi connectivity index (χ0v) is 15.1. The van der Waals surface area contributed by atoms with E-state index in [1.54, 1.807) is 12.1 Å². The zero-order chi connectivity index (χ0) is 18.7. The Morgan fingerprint density at radius 2 is 1.72 bits per heavy atom. The van der Waals surface area contributed by atoms with Crippen LogP contribution in [-0.4, -0.2) is 26.6 Å². The molecule has 0 aliphatic carbocycles. The van der Waals surface area contributed by atoms with Crippen LogP contribution in [0.4, 0.5) is 13.2 Å². The average Bonchev–Trinajstić information content (AvgIpc) is 2.54. The Balaban J connectivity index is 2.00. The summed E-state index contributed by atoms with van der Waals surface area (Å²) in [7, 11) is -3.60. The fourth-order valence-electron chi connectivity index (χ4n) is 2.00. The quantitative estimate of drug-likeness (QED) is 0.778. The Morgan fingerprint density at radius 1 is 1.08 bits per heavy atom. The van der Waals surface area contributed by atoms with E-state index >= 15 is 0 Å². The summed E-state index contributed by atoms with van der Waals surface area (Å²) in [6.07, 6.45) is -4.55. The van der Waals surface area contributed by atoms with Gasteiger partial charge in [0.05, 0.1) is 16.2 Å². The highest BCUT2D eigenvalue weighted by atomic mass is 79.9. The van der Waals surface area contributed by atoms with Crippen LogP contribution in [0.2, 0.25) is 0 Å². The molecule has 2 rings (SSSR count). The van der Waals surface area contributed by atoms with Crippen molar-refractivity contribution in [1.29, 1.82) is 0 Å². The van der Waals surface area contributed by atoms with Gasteiger partial charge in [-0.15, -0.1) is 0 Å². The SMILES string of the molecule is O=C(NCCS(=O)(=O)c1ccc(Br)cc1)c1cccc(C(F)(F)F)c1. The largest absolute Gasteiger partial charge is 0.416 e. The fourth-order valence-corrected chi connectivity index (χ4v) is 3.42. The molecule has 0 aromatic heterocycles. The van der Waals surface area contributed by atoms with E-state index < -0.39 is 27.5 Å². The summed E-state index contributed by atoms with van der Waals surface area (Å²) in [5, 5.41) is 2.32. The number of hydrogen-bond acceptors (Lipinski definition) is 3. The minimum absolute atomic E-state index is 0.101. The van der Waals surface area contributed by atoms with Gasteiger partial charge in [0.1, 0.15) is 0 Å². The first-order valence-electron chi connectivity index (χ1n) is 7.03. The van der Waals surface area contributed by atoms with Gasteiger partial charge in [0.2, 0.25) is 0 Å². The molecule has 0 bridgehead atoms. The summed E-state index contributed by atoms with van der Waals surface area (Å²) in [4.78, 5) is 12.0. The van der Waals surface area contributed by atoms with Crippen LogP contribution in [0.25, 0.3) is 0 Å². The Kier molecular flexibility index (Phi) is 5.89. The molecular weight excluding hydrogens is 423 g/mol. The third kappa shape index (κ3) is 5.30. The van der Waals surface area contributed by atoms with Crippen molar-refractivity contribution in [1.82, 2.24) is 5.32 Å². The van der Waals surface area contributed by atoms with Crippen LogP contribution in [0.1, 0.15) is 15.9 Å². The molecule has 2 aromatic rings. The number of carbonyl (C=O) groups is 1. The van der Waals surface area contributed by atoms with Crippen LogP contribution in [0.15, 0.2) is 57.9 Å². The van der Waals surface area contributed by atoms with E-state index in [-0.39, 0.29) is 22.8 Å². The third-order valence-corrected chi connectivity index (χ3v) is 5.54. The molecule has 1 amide bonds. The highest BCUT2D eigenvalue weighted by Crippen LogP contribution is 2.29. The Morgan fingerprint density at radius 3 is 2.32 bits per heavy atom. The molecule has 0 spiro atoms. The van der Waals surface area contributed by atoms with Crippen molar-refractivity contribution >= 4 is 31.7 Å². The summed E-state index contributed by atoms with van der Waals surface area (Å²) in [6.45, 7) is -0.215. The Hall–Kier alpha value is -1.87. The van der Waals surface area contributed by atoms with Gasteiger partial charge in [0.25, 0.3) is 5.91 Å². The van der Waals surface area contributed by atoms with Crippen molar-refractivity contribution in [3.05, 3.63) is 64.1 Å². The van der Waals surface area contributed by atoms with Crippen molar-refractivity contribution in [3.8, 4) is 0 Å². The van der Waals surface area contributed by atoms with Gasteiger partial charge in [-0.1, -0.05) is 22.0 Å². The van der Waals surface area contributed by atoms with Crippen LogP contribution in [0.5, 0.6) is 0 Å². The molecule has 1 N–H and O–H groups in total. The molecule has 134 valence electrons. The van der Waals surface area contributed by atoms with E-state index in [0.717, 1.165) is 22.7 Å². The minimum atomic E-state index is -4.55. The molecule has 0 saturated carbocycles. The highest BCUT2D eigenvalue weighted by molar-refractivity contribution is 9.10. The molecule has 4 nitrogen and oxygen atoms in total. The maximum atomic E-state index is 12.6. The monoisotopic (exact) mass is 435 g/mol. The van der Waals surface area contributed by atoms with Crippen LogP contribution < -0.4 is 5.32 Å². The Labute approximate surface area is 151 Å². The normalized spacial score (nSPS) is 12.0. The van der Waals surface area contributed by atoms with Crippen molar-refractivity contribution in [2.45, 2.75) is 11.1 Å². The summed E-state index contributed by atoms with van der Waals surface area (Å²) >= 11 is 3.20. The first-order valence-corrected chi connectivity index (χ1v) is 9.48. The van der Waals surface area contributed by atoms with Crippen LogP contribution in [0, 0.1) is 0 Å². The van der Waals surface area contributed by atoms with Gasteiger partial charge in [-0.2, -0.15) is 13.2 Å². The summed E-state index contributed by atoms with van der Waals surface area (Å²) in [5.74, 6) is -1.13. The summed E-state index contributed by atoms with van der Waals surface area (Å²) in [5.41, 5.74) is -1.13. The van der Waals surface area contributed by atoms with E-state index in [1.807, 2.05) is 0 Å². The predicted molar refractivity (Wildman–Crippen MR) is 90.0 cm³/mol. The second kappa shape index (κ2) is 7.57. The minimum Gasteiger partial charge on any atom is -0.351 e. The molecule has 0 saturated heterocycles. The van der Waals surface area contributed by atoms with E-state index in [1.165, 1.54) is 18.2 Å². The number of hydrogen-bond donors (Lipinski definition) is 1. The van der Waals surface area contributed by atoms with Gasteiger partial charge in [-0.05, 0) is 42.5 Å². The molecule has 0 radical (unpaired) electrons. The van der Waals surface area contributed by atoms with Crippen molar-refractivity contribution < 1.29 is 26.4 Å². The fraction of sp³-hybridized carbons (Fsp3) is 0.188. The van der Waals surface area contributed by atoms with Crippen LogP contribution in [-0.2, 0) is 16.0 Å². The second-order valence-electron chi connectivity index (χ2n) is 5.11. The van der Waals surface area contributed by atoms with Gasteiger partial charge < -0.3 is 5.32 Å². The number of alkyl halides is 3. The lowest BCUT2D eigenvalue weighted by atomic mass is 10.1. The molecule has 0 aliphatic heterocycles. The molecule has 0 unspecified atom stereocenters. The summed E-state index contributed by atoms with van der Waals surface area (Å²) < 4.78 is 62.9. The molecule has 0 aliphatic rings. The van der Waals surface area contributed by atoms with E-state index in [2.05, 4.69) is 21.2 Å². The lowest BCUT2D eigenvalue weighted by molar-refractivity contribution is -0.137. The van der Waals surface area contributed by atoms with Gasteiger partial charge in [-0.25, -0.2) is 8.42 Å². The van der Waals surface area contributed by atoms with Crippen LogP contribution >= 0.6 is 15.9 Å². The van der Waals surface area contributed by atoms with Crippen molar-refractivity contribution in [2.75, 3.05) is 12.3 Å². The van der Waals surface area contributed by atoms with Crippen molar-refractivity contribution in [3.63, 3.8) is 0 Å². The molecule has 0 fully saturated rings. The predicted octanol–water partition coefficient (Wildman–Crippen LogP) is 3.67. The molecule has 0 heterocycles. The van der Waals surface area contributed by atoms with E-state index in [0.29, 0.717) is 0 Å². The number of rotatable bonds is 5. The number of carbonyl (C=O) groups excluding carboxylic acids is 1. The smallest absolute Gasteiger partial charge is 0.351 e. The standard InChI is InChI=1S/C16H13BrF3NO3S/c17-13-4-6-14(7-5-13)25(23,24)9-8-21-15(22)11-2-1-3-12(10-11)16(18,19)20/h1-7,10H,8-9H2,(H,21,22). The van der Waals surface area contributed by atoms with Gasteiger partial charge >= 0.3 is 6.18 Å². The topological polar surface area (TPSA) is 63.2 Å². The molecule has 0 atom stereocenters. The number of amides is 1. The highest BCUT2D eigenvalue weighted by Gasteiger charge is 2.30. The Bertz CT molecular complexity index is 865. The van der Waals surface area contributed by atoms with Gasteiger partial charge in [0, 0.05) is 16.6 Å². The van der Waals surface area contributed by atoms with Gasteiger partial charge in [-0.3, -0.25) is 4.79 Å². The average molecular weight is 436 g/mol. The number of halogens is 4. The maximum Gasteiger partial charge on any atom is 0.416 e. The lowest BCUT2D eigenvalue weighted by Crippen LogP contribution is -2.29. The van der Waals surface area contributed by atoms with Crippen molar-refractivity contribution in [2.24, 2.45) is 0 Å². The number of sulfone groups is 1. The molecule has 25 heavy (non-hydrogen) atoms. The second-order valence-corrected chi connectivity index (χ2v) is 8.13. The molecular formula is C16H13BrF3NO3S. The summed E-state index contributed by atoms with van der Waals surface area (Å²) in [6, 6.07) is 9.93.